The van der Waals surface area contributed by atoms with Crippen molar-refractivity contribution in [1.82, 2.24) is 0 Å². The van der Waals surface area contributed by atoms with Crippen LogP contribution < -0.4 is 5.73 Å². The number of nitrogens with one attached hydrogen (secondary N) is 2. The van der Waals surface area contributed by atoms with Gasteiger partial charge in [0.2, 0.25) is 0 Å². The summed E-state index contributed by atoms with van der Waals surface area (Å²) in [6.07, 6.45) is 1.63. The van der Waals surface area contributed by atoms with E-state index in [1.165, 1.54) is 12.1 Å². The molecule has 0 aliphatic rings. The average molecular weight is 415 g/mol. The van der Waals surface area contributed by atoms with E-state index in [-0.39, 0.29) is 36.9 Å². The molecular weight excluding hydrogens is 406 g/mol. The molecule has 0 atom stereocenters. The minimum Gasteiger partial charge on any atom is -0.704 e. The fraction of sp³-hybridized carbons (Fsp3) is 0. The molecule has 1 rings (SSSR count). The zero-order valence-electron chi connectivity index (χ0n) is 8.08. The summed E-state index contributed by atoms with van der Waals surface area (Å²) in [6, 6.07) is 4.51. The first-order valence-corrected chi connectivity index (χ1v) is 4.45. The van der Waals surface area contributed by atoms with Crippen molar-refractivity contribution in [1.29, 1.82) is 5.41 Å². The number of allylic oxidation sites excluding steroid dienone is 1. The Bertz CT molecular complexity index is 446. The number of rotatable bonds is 3. The molecule has 0 amide bonds. The van der Waals surface area contributed by atoms with Crippen LogP contribution in [0.1, 0.15) is 10.4 Å². The predicted octanol–water partition coefficient (Wildman–Crippen LogP) is 2.69. The third-order valence-electron chi connectivity index (χ3n) is 1.83. The van der Waals surface area contributed by atoms with Crippen LogP contribution in [0, 0.1) is 5.41 Å². The maximum Gasteiger partial charge on any atom is 0.194 e. The molecular formula is C10H9ClIrN3O-. The second-order valence-corrected chi connectivity index (χ2v) is 3.24. The van der Waals surface area contributed by atoms with Gasteiger partial charge in [0.25, 0.3) is 0 Å². The number of nitrogen functional groups attached to an aromatic ring is 1. The Hall–Kier alpha value is -1.16. The van der Waals surface area contributed by atoms with E-state index in [9.17, 15) is 4.79 Å². The van der Waals surface area contributed by atoms with Crippen LogP contribution >= 0.6 is 11.6 Å². The molecule has 1 aromatic carbocycles. The van der Waals surface area contributed by atoms with Crippen LogP contribution in [-0.2, 0) is 20.1 Å². The molecule has 87 valence electrons. The summed E-state index contributed by atoms with van der Waals surface area (Å²) in [5.41, 5.74) is 13.0. The number of ketones is 1. The van der Waals surface area contributed by atoms with Crippen LogP contribution in [0.15, 0.2) is 30.0 Å². The molecule has 0 unspecified atom stereocenters. The van der Waals surface area contributed by atoms with E-state index in [1.54, 1.807) is 6.07 Å². The third kappa shape index (κ3) is 3.17. The van der Waals surface area contributed by atoms with Crippen molar-refractivity contribution in [2.45, 2.75) is 0 Å². The smallest absolute Gasteiger partial charge is 0.194 e. The Morgan fingerprint density at radius 1 is 1.50 bits per heavy atom. The first-order valence-electron chi connectivity index (χ1n) is 4.07. The van der Waals surface area contributed by atoms with Gasteiger partial charge in [0.1, 0.15) is 0 Å². The summed E-state index contributed by atoms with van der Waals surface area (Å²) in [5.74, 6) is -0.472. The number of anilines is 1. The number of hydrogen-bond donors (Lipinski definition) is 2. The Labute approximate surface area is 112 Å². The van der Waals surface area contributed by atoms with Gasteiger partial charge < -0.3 is 16.9 Å². The summed E-state index contributed by atoms with van der Waals surface area (Å²) in [5, 5.41) is 7.35. The second kappa shape index (κ2) is 6.43. The van der Waals surface area contributed by atoms with E-state index < -0.39 is 5.78 Å². The van der Waals surface area contributed by atoms with Gasteiger partial charge in [0.15, 0.2) is 5.78 Å². The molecule has 4 nitrogen and oxygen atoms in total. The third-order valence-corrected chi connectivity index (χ3v) is 2.07. The molecule has 0 aliphatic heterocycles. The molecule has 1 radical (unpaired) electrons. The standard InChI is InChI=1S/C10H10ClN3O.Ir/c11-7-1-2-9(14)8(3-7)10(15)6(4-12)5-13;/h1-5H,(H5,12,13,14,15);/p-1. The maximum absolute atomic E-state index is 11.7. The number of hydrogen-bond acceptors (Lipinski definition) is 3. The zero-order valence-corrected chi connectivity index (χ0v) is 11.2. The SMILES string of the molecule is N=C/C(=C\[NH-])C(=O)c1cc(Cl)ccc1N.[Ir]. The molecule has 0 saturated heterocycles. The maximum atomic E-state index is 11.7. The summed E-state index contributed by atoms with van der Waals surface area (Å²) < 4.78 is 0. The largest absolute Gasteiger partial charge is 0.704 e. The van der Waals surface area contributed by atoms with Crippen LogP contribution in [-0.4, -0.2) is 12.0 Å². The van der Waals surface area contributed by atoms with Gasteiger partial charge in [-0.15, -0.1) is 0 Å². The number of benzene rings is 1. The van der Waals surface area contributed by atoms with Crippen molar-refractivity contribution in [2.75, 3.05) is 5.73 Å². The predicted molar refractivity (Wildman–Crippen MR) is 61.4 cm³/mol. The molecule has 0 bridgehead atoms. The molecule has 0 fully saturated rings. The van der Waals surface area contributed by atoms with Crippen LogP contribution in [0.5, 0.6) is 0 Å². The van der Waals surface area contributed by atoms with Gasteiger partial charge in [0.05, 0.1) is 0 Å². The van der Waals surface area contributed by atoms with E-state index in [0.29, 0.717) is 5.02 Å². The van der Waals surface area contributed by atoms with Crippen molar-refractivity contribution in [2.24, 2.45) is 0 Å². The van der Waals surface area contributed by atoms with Gasteiger partial charge in [-0.25, -0.2) is 0 Å². The Kier molecular flexibility index (Phi) is 5.96. The first-order chi connectivity index (χ1) is 7.10. The fourth-order valence-electron chi connectivity index (χ4n) is 1.05. The van der Waals surface area contributed by atoms with Crippen molar-refractivity contribution in [3.63, 3.8) is 0 Å². The van der Waals surface area contributed by atoms with E-state index in [0.717, 1.165) is 12.4 Å². The Morgan fingerprint density at radius 2 is 2.12 bits per heavy atom. The fourth-order valence-corrected chi connectivity index (χ4v) is 1.23. The van der Waals surface area contributed by atoms with Gasteiger partial charge in [-0.3, -0.25) is 4.79 Å². The summed E-state index contributed by atoms with van der Waals surface area (Å²) in [4.78, 5) is 11.7. The van der Waals surface area contributed by atoms with Crippen molar-refractivity contribution < 1.29 is 24.9 Å². The van der Waals surface area contributed by atoms with E-state index in [1.807, 2.05) is 0 Å². The molecule has 0 spiro atoms. The van der Waals surface area contributed by atoms with Gasteiger partial charge in [-0.1, -0.05) is 11.6 Å². The second-order valence-electron chi connectivity index (χ2n) is 2.80. The minimum absolute atomic E-state index is 0. The molecule has 1 aromatic rings. The molecule has 0 aromatic heterocycles. The van der Waals surface area contributed by atoms with E-state index in [4.69, 9.17) is 28.5 Å². The Balaban J connectivity index is 0.00000225. The first kappa shape index (κ1) is 14.8. The van der Waals surface area contributed by atoms with Gasteiger partial charge >= 0.3 is 0 Å². The number of carbonyl (C=O) groups excluding carboxylic acids is 1. The Morgan fingerprint density at radius 3 is 2.62 bits per heavy atom. The van der Waals surface area contributed by atoms with Crippen LogP contribution in [0.3, 0.4) is 0 Å². The summed E-state index contributed by atoms with van der Waals surface area (Å²) >= 11 is 5.72. The molecule has 6 heteroatoms. The van der Waals surface area contributed by atoms with E-state index in [2.05, 4.69) is 0 Å². The zero-order chi connectivity index (χ0) is 11.4. The monoisotopic (exact) mass is 415 g/mol. The van der Waals surface area contributed by atoms with Gasteiger partial charge in [-0.2, -0.15) is 6.20 Å². The van der Waals surface area contributed by atoms with Crippen LogP contribution in [0.25, 0.3) is 5.73 Å². The van der Waals surface area contributed by atoms with Crippen molar-refractivity contribution in [3.05, 3.63) is 46.3 Å². The van der Waals surface area contributed by atoms with Crippen LogP contribution in [0.2, 0.25) is 5.02 Å². The molecule has 0 aliphatic carbocycles. The minimum atomic E-state index is -0.472. The summed E-state index contributed by atoms with van der Waals surface area (Å²) in [7, 11) is 0. The molecule has 16 heavy (non-hydrogen) atoms. The molecule has 0 heterocycles. The van der Waals surface area contributed by atoms with Gasteiger partial charge in [0, 0.05) is 48.2 Å². The number of halogens is 1. The number of carbonyl (C=O) groups is 1. The van der Waals surface area contributed by atoms with Crippen molar-refractivity contribution in [3.8, 4) is 0 Å². The number of Topliss-reactive ketones (excluding diaryl/α,β-unsaturated/α-hetero) is 1. The quantitative estimate of drug-likeness (QED) is 0.344. The average Bonchev–Trinajstić information content (AvgIpc) is 2.23. The van der Waals surface area contributed by atoms with Crippen molar-refractivity contribution >= 4 is 29.3 Å². The normalized spacial score (nSPS) is 10.4. The summed E-state index contributed by atoms with van der Waals surface area (Å²) in [6.45, 7) is 0. The molecule has 0 saturated carbocycles. The topological polar surface area (TPSA) is 90.7 Å². The number of nitrogens with two attached hydrogens (primary N) is 1. The van der Waals surface area contributed by atoms with Crippen LogP contribution in [0.4, 0.5) is 5.69 Å². The van der Waals surface area contributed by atoms with Gasteiger partial charge in [-0.05, 0) is 18.2 Å². The van der Waals surface area contributed by atoms with E-state index >= 15 is 0 Å². The molecule has 4 N–H and O–H groups in total.